The van der Waals surface area contributed by atoms with Crippen molar-refractivity contribution >= 4 is 17.2 Å². The van der Waals surface area contributed by atoms with Crippen molar-refractivity contribution in [1.82, 2.24) is 10.2 Å². The number of thiophene rings is 1. The molecule has 3 rings (SSSR count). The Bertz CT molecular complexity index is 459. The Morgan fingerprint density at radius 1 is 1.38 bits per heavy atom. The number of anilines is 1. The van der Waals surface area contributed by atoms with E-state index in [1.165, 1.54) is 29.0 Å². The van der Waals surface area contributed by atoms with Crippen LogP contribution in [0.5, 0.6) is 0 Å². The van der Waals surface area contributed by atoms with Gasteiger partial charge in [0.05, 0.1) is 0 Å². The lowest BCUT2D eigenvalue weighted by molar-refractivity contribution is 0.776. The number of nitrogens with one attached hydrogen (secondary N) is 2. The van der Waals surface area contributed by atoms with Gasteiger partial charge >= 0.3 is 0 Å². The van der Waals surface area contributed by atoms with Gasteiger partial charge in [-0.25, -0.2) is 0 Å². The van der Waals surface area contributed by atoms with Gasteiger partial charge in [0.2, 0.25) is 0 Å². The lowest BCUT2D eigenvalue weighted by Gasteiger charge is -2.00. The van der Waals surface area contributed by atoms with Crippen LogP contribution in [-0.2, 0) is 12.8 Å². The minimum absolute atomic E-state index is 0.988. The maximum absolute atomic E-state index is 4.37. The Balaban J connectivity index is 1.87. The van der Waals surface area contributed by atoms with E-state index in [0.717, 1.165) is 25.2 Å². The van der Waals surface area contributed by atoms with E-state index >= 15 is 0 Å². The fraction of sp³-hybridized carbons (Fsp3) is 0.417. The molecule has 0 saturated heterocycles. The van der Waals surface area contributed by atoms with Gasteiger partial charge in [-0.05, 0) is 30.7 Å². The summed E-state index contributed by atoms with van der Waals surface area (Å²) in [5.41, 5.74) is 2.68. The summed E-state index contributed by atoms with van der Waals surface area (Å²) in [6, 6.07) is 4.29. The fourth-order valence-corrected chi connectivity index (χ4v) is 2.90. The Labute approximate surface area is 98.9 Å². The number of fused-ring (bicyclic) bond motifs is 1. The first-order valence-corrected chi connectivity index (χ1v) is 6.64. The molecule has 0 amide bonds. The number of nitrogens with zero attached hydrogens (tertiary/aromatic N) is 1. The van der Waals surface area contributed by atoms with Crippen molar-refractivity contribution in [3.63, 3.8) is 0 Å². The van der Waals surface area contributed by atoms with Gasteiger partial charge in [-0.3, -0.25) is 5.10 Å². The van der Waals surface area contributed by atoms with Crippen molar-refractivity contribution < 1.29 is 0 Å². The topological polar surface area (TPSA) is 40.7 Å². The normalized spacial score (nSPS) is 15.2. The van der Waals surface area contributed by atoms with E-state index in [0.29, 0.717) is 0 Å². The zero-order chi connectivity index (χ0) is 10.8. The SMILES string of the molecule is c1csc(Cc2[nH]nc3c2CCCCN3)c1. The summed E-state index contributed by atoms with van der Waals surface area (Å²) in [6.45, 7) is 1.05. The van der Waals surface area contributed by atoms with Gasteiger partial charge in [-0.1, -0.05) is 6.07 Å². The van der Waals surface area contributed by atoms with Gasteiger partial charge in [-0.15, -0.1) is 11.3 Å². The van der Waals surface area contributed by atoms with Gasteiger partial charge in [0.25, 0.3) is 0 Å². The van der Waals surface area contributed by atoms with Crippen molar-refractivity contribution in [2.75, 3.05) is 11.9 Å². The van der Waals surface area contributed by atoms with E-state index in [1.807, 2.05) is 11.3 Å². The average Bonchev–Trinajstić information content (AvgIpc) is 2.86. The molecule has 3 heterocycles. The van der Waals surface area contributed by atoms with Crippen LogP contribution in [0.25, 0.3) is 0 Å². The molecular weight excluding hydrogens is 218 g/mol. The number of H-pyrrole nitrogens is 1. The average molecular weight is 233 g/mol. The molecule has 0 unspecified atom stereocenters. The molecule has 2 N–H and O–H groups in total. The molecule has 4 heteroatoms. The Kier molecular flexibility index (Phi) is 2.66. The van der Waals surface area contributed by atoms with Crippen molar-refractivity contribution in [1.29, 1.82) is 0 Å². The Morgan fingerprint density at radius 3 is 3.25 bits per heavy atom. The molecule has 0 aliphatic carbocycles. The third-order valence-corrected chi connectivity index (χ3v) is 3.91. The third kappa shape index (κ3) is 1.85. The van der Waals surface area contributed by atoms with Gasteiger partial charge < -0.3 is 5.32 Å². The highest BCUT2D eigenvalue weighted by atomic mass is 32.1. The molecule has 0 aromatic carbocycles. The molecule has 0 spiro atoms. The molecule has 16 heavy (non-hydrogen) atoms. The highest BCUT2D eigenvalue weighted by Crippen LogP contribution is 2.25. The van der Waals surface area contributed by atoms with Crippen molar-refractivity contribution in [3.05, 3.63) is 33.6 Å². The smallest absolute Gasteiger partial charge is 0.151 e. The van der Waals surface area contributed by atoms with Gasteiger partial charge in [0.15, 0.2) is 5.82 Å². The first kappa shape index (κ1) is 9.90. The summed E-state index contributed by atoms with van der Waals surface area (Å²) in [7, 11) is 0. The first-order valence-electron chi connectivity index (χ1n) is 5.76. The number of rotatable bonds is 2. The summed E-state index contributed by atoms with van der Waals surface area (Å²) in [5.74, 6) is 1.07. The fourth-order valence-electron chi connectivity index (χ4n) is 2.18. The molecule has 1 aliphatic rings. The van der Waals surface area contributed by atoms with E-state index in [9.17, 15) is 0 Å². The second kappa shape index (κ2) is 4.29. The van der Waals surface area contributed by atoms with E-state index < -0.39 is 0 Å². The van der Waals surface area contributed by atoms with E-state index in [4.69, 9.17) is 0 Å². The summed E-state index contributed by atoms with van der Waals surface area (Å²) in [6.07, 6.45) is 4.65. The molecule has 0 fully saturated rings. The molecule has 0 saturated carbocycles. The highest BCUT2D eigenvalue weighted by molar-refractivity contribution is 7.09. The highest BCUT2D eigenvalue weighted by Gasteiger charge is 2.15. The van der Waals surface area contributed by atoms with Crippen LogP contribution in [0.3, 0.4) is 0 Å². The van der Waals surface area contributed by atoms with Crippen LogP contribution >= 0.6 is 11.3 Å². The van der Waals surface area contributed by atoms with Crippen molar-refractivity contribution in [2.45, 2.75) is 25.7 Å². The van der Waals surface area contributed by atoms with Gasteiger partial charge in [0.1, 0.15) is 0 Å². The molecular formula is C12H15N3S. The minimum Gasteiger partial charge on any atom is -0.368 e. The molecule has 3 nitrogen and oxygen atoms in total. The lowest BCUT2D eigenvalue weighted by atomic mass is 10.1. The Hall–Kier alpha value is -1.29. The summed E-state index contributed by atoms with van der Waals surface area (Å²) in [4.78, 5) is 1.40. The molecule has 0 atom stereocenters. The maximum atomic E-state index is 4.37. The van der Waals surface area contributed by atoms with E-state index in [-0.39, 0.29) is 0 Å². The van der Waals surface area contributed by atoms with Crippen LogP contribution < -0.4 is 5.32 Å². The summed E-state index contributed by atoms with van der Waals surface area (Å²) >= 11 is 1.81. The number of aromatic amines is 1. The van der Waals surface area contributed by atoms with Crippen LogP contribution in [0.4, 0.5) is 5.82 Å². The minimum atomic E-state index is 0.988. The standard InChI is InChI=1S/C12H15N3S/c1-2-6-13-12-10(5-1)11(14-15-12)8-9-4-3-7-16-9/h3-4,7H,1-2,5-6,8H2,(H2,13,14,15). The number of aromatic nitrogens is 2. The predicted molar refractivity (Wildman–Crippen MR) is 67.1 cm³/mol. The van der Waals surface area contributed by atoms with Crippen LogP contribution in [0.2, 0.25) is 0 Å². The molecule has 84 valence electrons. The third-order valence-electron chi connectivity index (χ3n) is 3.03. The van der Waals surface area contributed by atoms with Crippen LogP contribution in [0, 0.1) is 0 Å². The lowest BCUT2D eigenvalue weighted by Crippen LogP contribution is -1.99. The first-order chi connectivity index (χ1) is 7.93. The van der Waals surface area contributed by atoms with E-state index in [2.05, 4.69) is 33.0 Å². The summed E-state index contributed by atoms with van der Waals surface area (Å²) in [5, 5.41) is 13.1. The molecule has 0 radical (unpaired) electrons. The zero-order valence-corrected chi connectivity index (χ0v) is 9.94. The largest absolute Gasteiger partial charge is 0.368 e. The number of hydrogen-bond acceptors (Lipinski definition) is 3. The van der Waals surface area contributed by atoms with Crippen LogP contribution in [0.15, 0.2) is 17.5 Å². The quantitative estimate of drug-likeness (QED) is 0.837. The maximum Gasteiger partial charge on any atom is 0.151 e. The molecule has 2 aromatic rings. The number of hydrogen-bond donors (Lipinski definition) is 2. The van der Waals surface area contributed by atoms with Crippen LogP contribution in [-0.4, -0.2) is 16.7 Å². The van der Waals surface area contributed by atoms with Gasteiger partial charge in [0, 0.05) is 29.1 Å². The van der Waals surface area contributed by atoms with Gasteiger partial charge in [-0.2, -0.15) is 5.10 Å². The van der Waals surface area contributed by atoms with Crippen molar-refractivity contribution in [2.24, 2.45) is 0 Å². The zero-order valence-electron chi connectivity index (χ0n) is 9.12. The summed E-state index contributed by atoms with van der Waals surface area (Å²) < 4.78 is 0. The van der Waals surface area contributed by atoms with E-state index in [1.54, 1.807) is 0 Å². The van der Waals surface area contributed by atoms with Crippen LogP contribution in [0.1, 0.15) is 29.0 Å². The second-order valence-corrected chi connectivity index (χ2v) is 5.20. The molecule has 0 bridgehead atoms. The molecule has 1 aliphatic heterocycles. The molecule has 2 aromatic heterocycles. The second-order valence-electron chi connectivity index (χ2n) is 4.17. The van der Waals surface area contributed by atoms with Crippen molar-refractivity contribution in [3.8, 4) is 0 Å². The predicted octanol–water partition coefficient (Wildman–Crippen LogP) is 2.81. The monoisotopic (exact) mass is 233 g/mol. The Morgan fingerprint density at radius 2 is 2.38 bits per heavy atom.